The highest BCUT2D eigenvalue weighted by Gasteiger charge is 2.17. The molecule has 1 aromatic heterocycles. The predicted molar refractivity (Wildman–Crippen MR) is 105 cm³/mol. The summed E-state index contributed by atoms with van der Waals surface area (Å²) in [6.45, 7) is 10.4. The molecule has 2 aromatic rings. The molecular weight excluding hydrogens is 326 g/mol. The van der Waals surface area contributed by atoms with Crippen molar-refractivity contribution in [3.05, 3.63) is 35.5 Å². The van der Waals surface area contributed by atoms with Crippen LogP contribution in [0.25, 0.3) is 0 Å². The molecule has 3 rings (SSSR count). The van der Waals surface area contributed by atoms with E-state index < -0.39 is 0 Å². The van der Waals surface area contributed by atoms with E-state index in [1.165, 1.54) is 11.1 Å². The average molecular weight is 355 g/mol. The molecule has 1 aliphatic heterocycles. The number of nitrogens with zero attached hydrogens (tertiary/aromatic N) is 3. The number of rotatable bonds is 7. The fourth-order valence-electron chi connectivity index (χ4n) is 3.27. The van der Waals surface area contributed by atoms with Gasteiger partial charge in [-0.2, -0.15) is 10.1 Å². The monoisotopic (exact) mass is 355 g/mol. The largest absolute Gasteiger partial charge is 0.376 e. The van der Waals surface area contributed by atoms with Gasteiger partial charge in [-0.25, -0.2) is 0 Å². The number of benzene rings is 1. The van der Waals surface area contributed by atoms with Gasteiger partial charge >= 0.3 is 0 Å². The van der Waals surface area contributed by atoms with Crippen molar-refractivity contribution in [2.75, 3.05) is 23.8 Å². The van der Waals surface area contributed by atoms with Crippen molar-refractivity contribution < 1.29 is 4.74 Å². The van der Waals surface area contributed by atoms with Crippen molar-refractivity contribution in [3.63, 3.8) is 0 Å². The highest BCUT2D eigenvalue weighted by atomic mass is 16.5. The highest BCUT2D eigenvalue weighted by Crippen LogP contribution is 2.33. The Morgan fingerprint density at radius 2 is 1.88 bits per heavy atom. The minimum atomic E-state index is 0.260. The molecule has 1 aromatic carbocycles. The van der Waals surface area contributed by atoms with E-state index >= 15 is 0 Å². The molecule has 2 N–H and O–H groups in total. The molecule has 26 heavy (non-hydrogen) atoms. The second-order valence-electron chi connectivity index (χ2n) is 7.43. The minimum absolute atomic E-state index is 0.260. The van der Waals surface area contributed by atoms with Crippen molar-refractivity contribution in [2.45, 2.75) is 58.5 Å². The van der Waals surface area contributed by atoms with Gasteiger partial charge in [-0.15, -0.1) is 5.10 Å². The van der Waals surface area contributed by atoms with Crippen LogP contribution >= 0.6 is 0 Å². The van der Waals surface area contributed by atoms with Crippen LogP contribution in [0.1, 0.15) is 63.5 Å². The molecule has 0 radical (unpaired) electrons. The van der Waals surface area contributed by atoms with Crippen LogP contribution in [0.4, 0.5) is 17.5 Å². The van der Waals surface area contributed by atoms with Crippen LogP contribution in [-0.4, -0.2) is 34.4 Å². The molecule has 0 spiro atoms. The van der Waals surface area contributed by atoms with Gasteiger partial charge in [-0.1, -0.05) is 45.9 Å². The molecule has 0 aliphatic carbocycles. The molecule has 1 saturated heterocycles. The third-order valence-electron chi connectivity index (χ3n) is 4.70. The molecule has 1 fully saturated rings. The summed E-state index contributed by atoms with van der Waals surface area (Å²) in [4.78, 5) is 4.58. The summed E-state index contributed by atoms with van der Waals surface area (Å²) in [5, 5.41) is 15.0. The SMILES string of the molecule is CC(C)c1cccc(C(C)C)c1Nc1nncc(NCC2CCCO2)n1. The van der Waals surface area contributed by atoms with E-state index in [1.54, 1.807) is 6.20 Å². The topological polar surface area (TPSA) is 72.0 Å². The molecular formula is C20H29N5O. The minimum Gasteiger partial charge on any atom is -0.376 e. The first-order valence-electron chi connectivity index (χ1n) is 9.49. The van der Waals surface area contributed by atoms with E-state index in [-0.39, 0.29) is 6.10 Å². The third-order valence-corrected chi connectivity index (χ3v) is 4.70. The van der Waals surface area contributed by atoms with Crippen molar-refractivity contribution in [3.8, 4) is 0 Å². The molecule has 0 bridgehead atoms. The maximum atomic E-state index is 5.64. The number of para-hydroxylation sites is 1. The zero-order valence-electron chi connectivity index (χ0n) is 16.1. The van der Waals surface area contributed by atoms with E-state index in [0.717, 1.165) is 31.7 Å². The van der Waals surface area contributed by atoms with Gasteiger partial charge in [-0.05, 0) is 35.8 Å². The van der Waals surface area contributed by atoms with E-state index in [9.17, 15) is 0 Å². The Hall–Kier alpha value is -2.21. The summed E-state index contributed by atoms with van der Waals surface area (Å²) in [5.41, 5.74) is 3.62. The maximum absolute atomic E-state index is 5.64. The van der Waals surface area contributed by atoms with Crippen LogP contribution in [0, 0.1) is 0 Å². The number of hydrogen-bond donors (Lipinski definition) is 2. The zero-order valence-corrected chi connectivity index (χ0v) is 16.1. The van der Waals surface area contributed by atoms with Gasteiger partial charge in [0.25, 0.3) is 0 Å². The fourth-order valence-corrected chi connectivity index (χ4v) is 3.27. The lowest BCUT2D eigenvalue weighted by molar-refractivity contribution is 0.120. The summed E-state index contributed by atoms with van der Waals surface area (Å²) >= 11 is 0. The van der Waals surface area contributed by atoms with Gasteiger partial charge in [0.05, 0.1) is 12.3 Å². The van der Waals surface area contributed by atoms with Crippen LogP contribution in [-0.2, 0) is 4.74 Å². The third kappa shape index (κ3) is 4.49. The van der Waals surface area contributed by atoms with Crippen LogP contribution in [0.2, 0.25) is 0 Å². The van der Waals surface area contributed by atoms with Crippen LogP contribution < -0.4 is 10.6 Å². The fraction of sp³-hybridized carbons (Fsp3) is 0.550. The average Bonchev–Trinajstić information content (AvgIpc) is 3.13. The standard InChI is InChI=1S/C20H29N5O/c1-13(2)16-8-5-9-17(14(3)4)19(16)24-20-23-18(12-22-25-20)21-11-15-7-6-10-26-15/h5,8-9,12-15H,6-7,10-11H2,1-4H3,(H2,21,23,24,25). The van der Waals surface area contributed by atoms with Gasteiger partial charge in [0.2, 0.25) is 5.95 Å². The van der Waals surface area contributed by atoms with Gasteiger partial charge < -0.3 is 15.4 Å². The quantitative estimate of drug-likeness (QED) is 0.764. The summed E-state index contributed by atoms with van der Waals surface area (Å²) in [5.74, 6) is 2.04. The molecule has 140 valence electrons. The number of aromatic nitrogens is 3. The van der Waals surface area contributed by atoms with Crippen molar-refractivity contribution >= 4 is 17.5 Å². The van der Waals surface area contributed by atoms with Crippen molar-refractivity contribution in [1.82, 2.24) is 15.2 Å². The zero-order chi connectivity index (χ0) is 18.5. The van der Waals surface area contributed by atoms with Gasteiger partial charge in [0, 0.05) is 18.8 Å². The Balaban J connectivity index is 1.79. The van der Waals surface area contributed by atoms with Crippen LogP contribution in [0.3, 0.4) is 0 Å². The molecule has 0 saturated carbocycles. The van der Waals surface area contributed by atoms with Gasteiger partial charge in [-0.3, -0.25) is 0 Å². The summed E-state index contributed by atoms with van der Waals surface area (Å²) in [6, 6.07) is 6.44. The second-order valence-corrected chi connectivity index (χ2v) is 7.43. The van der Waals surface area contributed by atoms with E-state index in [0.29, 0.717) is 23.6 Å². The summed E-state index contributed by atoms with van der Waals surface area (Å²) in [7, 11) is 0. The van der Waals surface area contributed by atoms with E-state index in [2.05, 4.69) is 71.7 Å². The lowest BCUT2D eigenvalue weighted by atomic mass is 9.93. The molecule has 6 heteroatoms. The van der Waals surface area contributed by atoms with Crippen LogP contribution in [0.5, 0.6) is 0 Å². The van der Waals surface area contributed by atoms with Crippen molar-refractivity contribution in [2.24, 2.45) is 0 Å². The molecule has 1 unspecified atom stereocenters. The maximum Gasteiger partial charge on any atom is 0.249 e. The van der Waals surface area contributed by atoms with Gasteiger partial charge in [0.1, 0.15) is 0 Å². The first-order chi connectivity index (χ1) is 12.5. The normalized spacial score (nSPS) is 17.1. The Morgan fingerprint density at radius 3 is 2.50 bits per heavy atom. The number of ether oxygens (including phenoxy) is 1. The number of nitrogens with one attached hydrogen (secondary N) is 2. The first-order valence-corrected chi connectivity index (χ1v) is 9.49. The molecule has 1 atom stereocenters. The van der Waals surface area contributed by atoms with E-state index in [1.807, 2.05) is 0 Å². The van der Waals surface area contributed by atoms with Gasteiger partial charge in [0.15, 0.2) is 5.82 Å². The van der Waals surface area contributed by atoms with Crippen molar-refractivity contribution in [1.29, 1.82) is 0 Å². The Morgan fingerprint density at radius 1 is 1.15 bits per heavy atom. The number of anilines is 3. The Bertz CT molecular complexity index is 700. The molecule has 1 aliphatic rings. The first kappa shape index (κ1) is 18.6. The molecule has 0 amide bonds. The van der Waals surface area contributed by atoms with Crippen LogP contribution in [0.15, 0.2) is 24.4 Å². The Labute approximate surface area is 155 Å². The smallest absolute Gasteiger partial charge is 0.249 e. The highest BCUT2D eigenvalue weighted by molar-refractivity contribution is 5.65. The Kier molecular flexibility index (Phi) is 6.04. The molecule has 2 heterocycles. The lowest BCUT2D eigenvalue weighted by Gasteiger charge is -2.20. The summed E-state index contributed by atoms with van der Waals surface area (Å²) < 4.78 is 5.64. The van der Waals surface area contributed by atoms with E-state index in [4.69, 9.17) is 4.74 Å². The number of hydrogen-bond acceptors (Lipinski definition) is 6. The lowest BCUT2D eigenvalue weighted by Crippen LogP contribution is -2.19. The second kappa shape index (κ2) is 8.45. The summed E-state index contributed by atoms with van der Waals surface area (Å²) in [6.07, 6.45) is 4.13. The predicted octanol–water partition coefficient (Wildman–Crippen LogP) is 4.45. The molecule has 6 nitrogen and oxygen atoms in total.